The monoisotopic (exact) mass is 433 g/mol. The molecule has 0 aliphatic heterocycles. The Morgan fingerprint density at radius 1 is 1.16 bits per heavy atom. The molecule has 0 bridgehead atoms. The first-order valence-electron chi connectivity index (χ1n) is 10.3. The van der Waals surface area contributed by atoms with Crippen LogP contribution in [0.15, 0.2) is 52.4 Å². The molecule has 2 aromatic carbocycles. The molecule has 0 unspecified atom stereocenters. The Morgan fingerprint density at radius 3 is 2.68 bits per heavy atom. The lowest BCUT2D eigenvalue weighted by Crippen LogP contribution is -2.30. The summed E-state index contributed by atoms with van der Waals surface area (Å²) in [5, 5.41) is 9.91. The van der Waals surface area contributed by atoms with Crippen LogP contribution >= 0.6 is 11.8 Å². The number of fused-ring (bicyclic) bond motifs is 3. The summed E-state index contributed by atoms with van der Waals surface area (Å²) in [5.74, 6) is 0.808. The van der Waals surface area contributed by atoms with E-state index in [1.165, 1.54) is 11.8 Å². The van der Waals surface area contributed by atoms with Crippen molar-refractivity contribution < 1.29 is 4.79 Å². The normalized spacial score (nSPS) is 13.8. The quantitative estimate of drug-likeness (QED) is 0.451. The van der Waals surface area contributed by atoms with Gasteiger partial charge in [0, 0.05) is 13.1 Å². The van der Waals surface area contributed by atoms with Crippen LogP contribution in [0.3, 0.4) is 0 Å². The molecule has 0 spiro atoms. The summed E-state index contributed by atoms with van der Waals surface area (Å²) >= 11 is 1.35. The Hall–Kier alpha value is -3.13. The lowest BCUT2D eigenvalue weighted by Gasteiger charge is -2.16. The van der Waals surface area contributed by atoms with Crippen LogP contribution in [-0.2, 0) is 4.79 Å². The van der Waals surface area contributed by atoms with Crippen molar-refractivity contribution in [1.82, 2.24) is 24.1 Å². The number of para-hydroxylation sites is 1. The molecular formula is C23H23N5O2S. The first-order valence-corrected chi connectivity index (χ1v) is 11.3. The van der Waals surface area contributed by atoms with Gasteiger partial charge in [-0.3, -0.25) is 14.0 Å². The zero-order chi connectivity index (χ0) is 21.7. The van der Waals surface area contributed by atoms with Crippen molar-refractivity contribution in [2.45, 2.75) is 37.9 Å². The third-order valence-corrected chi connectivity index (χ3v) is 6.71. The maximum Gasteiger partial charge on any atom is 0.267 e. The number of aromatic nitrogens is 4. The number of carbonyl (C=O) groups is 1. The predicted octanol–water partition coefficient (Wildman–Crippen LogP) is 3.36. The largest absolute Gasteiger partial charge is 0.342 e. The summed E-state index contributed by atoms with van der Waals surface area (Å²) < 4.78 is 3.50. The Labute approximate surface area is 183 Å². The Bertz CT molecular complexity index is 1390. The molecule has 1 saturated carbocycles. The molecule has 7 nitrogen and oxygen atoms in total. The van der Waals surface area contributed by atoms with E-state index in [-0.39, 0.29) is 17.2 Å². The molecule has 1 aliphatic rings. The van der Waals surface area contributed by atoms with Gasteiger partial charge in [-0.2, -0.15) is 0 Å². The predicted molar refractivity (Wildman–Crippen MR) is 122 cm³/mol. The van der Waals surface area contributed by atoms with Crippen molar-refractivity contribution in [3.63, 3.8) is 0 Å². The molecule has 2 heterocycles. The van der Waals surface area contributed by atoms with Crippen LogP contribution in [0.4, 0.5) is 0 Å². The van der Waals surface area contributed by atoms with E-state index < -0.39 is 0 Å². The van der Waals surface area contributed by atoms with Crippen LogP contribution in [0, 0.1) is 13.8 Å². The third-order valence-electron chi connectivity index (χ3n) is 5.80. The topological polar surface area (TPSA) is 72.5 Å². The molecule has 2 aromatic heterocycles. The minimum Gasteiger partial charge on any atom is -0.342 e. The number of thioether (sulfide) groups is 1. The van der Waals surface area contributed by atoms with Gasteiger partial charge in [-0.1, -0.05) is 41.6 Å². The summed E-state index contributed by atoms with van der Waals surface area (Å²) in [4.78, 5) is 27.8. The second-order valence-electron chi connectivity index (χ2n) is 8.09. The molecule has 0 N–H and O–H groups in total. The Kier molecular flexibility index (Phi) is 4.81. The van der Waals surface area contributed by atoms with E-state index in [4.69, 9.17) is 0 Å². The average Bonchev–Trinajstić information content (AvgIpc) is 3.53. The number of hydrogen-bond donors (Lipinski definition) is 0. The van der Waals surface area contributed by atoms with E-state index in [1.807, 2.05) is 72.7 Å². The number of carbonyl (C=O) groups excluding carboxylic acids is 1. The maximum atomic E-state index is 13.4. The molecule has 8 heteroatoms. The fraction of sp³-hybridized carbons (Fsp3) is 0.304. The Morgan fingerprint density at radius 2 is 1.94 bits per heavy atom. The summed E-state index contributed by atoms with van der Waals surface area (Å²) in [6, 6.07) is 13.8. The fourth-order valence-electron chi connectivity index (χ4n) is 3.94. The lowest BCUT2D eigenvalue weighted by atomic mass is 10.1. The highest BCUT2D eigenvalue weighted by Gasteiger charge is 2.29. The van der Waals surface area contributed by atoms with Crippen molar-refractivity contribution in [3.05, 3.63) is 63.9 Å². The molecule has 0 radical (unpaired) electrons. The van der Waals surface area contributed by atoms with Gasteiger partial charge in [0.2, 0.25) is 11.7 Å². The smallest absolute Gasteiger partial charge is 0.267 e. The number of amides is 1. The van der Waals surface area contributed by atoms with Crippen molar-refractivity contribution >= 4 is 34.3 Å². The van der Waals surface area contributed by atoms with Gasteiger partial charge >= 0.3 is 0 Å². The van der Waals surface area contributed by atoms with E-state index in [9.17, 15) is 9.59 Å². The van der Waals surface area contributed by atoms with E-state index in [1.54, 1.807) is 4.57 Å². The molecule has 0 saturated heterocycles. The highest BCUT2D eigenvalue weighted by Crippen LogP contribution is 2.28. The molecule has 31 heavy (non-hydrogen) atoms. The van der Waals surface area contributed by atoms with Crippen molar-refractivity contribution in [3.8, 4) is 5.69 Å². The number of hydrogen-bond acceptors (Lipinski definition) is 5. The fourth-order valence-corrected chi connectivity index (χ4v) is 4.80. The zero-order valence-electron chi connectivity index (χ0n) is 17.7. The van der Waals surface area contributed by atoms with Gasteiger partial charge < -0.3 is 4.90 Å². The van der Waals surface area contributed by atoms with Crippen molar-refractivity contribution in [1.29, 1.82) is 0 Å². The van der Waals surface area contributed by atoms with E-state index in [2.05, 4.69) is 10.2 Å². The first-order chi connectivity index (χ1) is 15.0. The third kappa shape index (κ3) is 3.40. The maximum absolute atomic E-state index is 13.4. The van der Waals surface area contributed by atoms with Crippen LogP contribution in [0.25, 0.3) is 22.4 Å². The molecule has 0 atom stereocenters. The van der Waals surface area contributed by atoms with Gasteiger partial charge in [0.15, 0.2) is 5.16 Å². The van der Waals surface area contributed by atoms with Gasteiger partial charge in [-0.05, 0) is 50.5 Å². The van der Waals surface area contributed by atoms with Gasteiger partial charge in [0.25, 0.3) is 5.56 Å². The van der Waals surface area contributed by atoms with E-state index in [0.29, 0.717) is 22.4 Å². The molecular weight excluding hydrogens is 410 g/mol. The number of benzene rings is 2. The molecule has 1 fully saturated rings. The summed E-state index contributed by atoms with van der Waals surface area (Å²) in [7, 11) is 1.86. The molecule has 1 aliphatic carbocycles. The van der Waals surface area contributed by atoms with Gasteiger partial charge in [-0.15, -0.1) is 10.2 Å². The SMILES string of the molecule is Cc1ccc(-n2c(=O)c3ccccc3n3c(SCC(=O)N(C)C4CC4)nnc23)c(C)c1. The second kappa shape index (κ2) is 7.53. The molecule has 5 rings (SSSR count). The van der Waals surface area contributed by atoms with Crippen LogP contribution in [0.5, 0.6) is 0 Å². The second-order valence-corrected chi connectivity index (χ2v) is 9.03. The van der Waals surface area contributed by atoms with Crippen LogP contribution in [0.2, 0.25) is 0 Å². The van der Waals surface area contributed by atoms with Crippen LogP contribution in [-0.4, -0.2) is 48.8 Å². The van der Waals surface area contributed by atoms with E-state index in [0.717, 1.165) is 35.2 Å². The highest BCUT2D eigenvalue weighted by molar-refractivity contribution is 7.99. The number of rotatable bonds is 5. The first kappa shape index (κ1) is 19.8. The minimum atomic E-state index is -0.136. The van der Waals surface area contributed by atoms with Crippen LogP contribution in [0.1, 0.15) is 24.0 Å². The summed E-state index contributed by atoms with van der Waals surface area (Å²) in [6.45, 7) is 4.01. The highest BCUT2D eigenvalue weighted by atomic mass is 32.2. The molecule has 4 aromatic rings. The summed E-state index contributed by atoms with van der Waals surface area (Å²) in [6.07, 6.45) is 2.15. The van der Waals surface area contributed by atoms with Crippen molar-refractivity contribution in [2.75, 3.05) is 12.8 Å². The lowest BCUT2D eigenvalue weighted by molar-refractivity contribution is -0.127. The minimum absolute atomic E-state index is 0.0799. The molecule has 158 valence electrons. The Balaban J connectivity index is 1.67. The van der Waals surface area contributed by atoms with Gasteiger partial charge in [0.05, 0.1) is 22.3 Å². The summed E-state index contributed by atoms with van der Waals surface area (Å²) in [5.41, 5.74) is 3.49. The number of aryl methyl sites for hydroxylation is 2. The standard InChI is InChI=1S/C23H23N5O2S/c1-14-8-11-18(15(2)12-14)27-21(30)17-6-4-5-7-19(17)28-22(27)24-25-23(28)31-13-20(29)26(3)16-9-10-16/h4-8,11-12,16H,9-10,13H2,1-3H3. The van der Waals surface area contributed by atoms with E-state index >= 15 is 0 Å². The van der Waals surface area contributed by atoms with Crippen LogP contribution < -0.4 is 5.56 Å². The van der Waals surface area contributed by atoms with Gasteiger partial charge in [-0.25, -0.2) is 4.57 Å². The number of nitrogens with zero attached hydrogens (tertiary/aromatic N) is 5. The van der Waals surface area contributed by atoms with Crippen molar-refractivity contribution in [2.24, 2.45) is 0 Å². The molecule has 1 amide bonds. The zero-order valence-corrected chi connectivity index (χ0v) is 18.5. The average molecular weight is 434 g/mol. The van der Waals surface area contributed by atoms with Gasteiger partial charge in [0.1, 0.15) is 0 Å².